The minimum Gasteiger partial charge on any atom is -0.327 e. The molecule has 2 rings (SSSR count). The summed E-state index contributed by atoms with van der Waals surface area (Å²) in [5, 5.41) is 0. The quantitative estimate of drug-likeness (QED) is 0.419. The first kappa shape index (κ1) is 13.9. The fraction of sp³-hybridized carbons (Fsp3) is 0.462. The van der Waals surface area contributed by atoms with Crippen molar-refractivity contribution in [3.8, 4) is 0 Å². The number of rotatable bonds is 3. The van der Waals surface area contributed by atoms with Crippen molar-refractivity contribution in [2.24, 2.45) is 11.6 Å². The fourth-order valence-corrected chi connectivity index (χ4v) is 2.40. The SMILES string of the molecule is NNC(=O)c1ccc(F)c(CN2CCCC(N)C2)c1. The van der Waals surface area contributed by atoms with Gasteiger partial charge in [0.25, 0.3) is 5.91 Å². The number of likely N-dealkylation sites (tertiary alicyclic amines) is 1. The van der Waals surface area contributed by atoms with E-state index >= 15 is 0 Å². The molecule has 0 aliphatic carbocycles. The van der Waals surface area contributed by atoms with E-state index < -0.39 is 5.91 Å². The number of carbonyl (C=O) groups is 1. The zero-order valence-corrected chi connectivity index (χ0v) is 10.7. The maximum absolute atomic E-state index is 13.8. The topological polar surface area (TPSA) is 84.4 Å². The monoisotopic (exact) mass is 266 g/mol. The van der Waals surface area contributed by atoms with Crippen LogP contribution in [-0.4, -0.2) is 29.9 Å². The molecule has 1 atom stereocenters. The molecule has 1 fully saturated rings. The van der Waals surface area contributed by atoms with E-state index in [1.54, 1.807) is 0 Å². The van der Waals surface area contributed by atoms with Crippen LogP contribution in [0.5, 0.6) is 0 Å². The second-order valence-electron chi connectivity index (χ2n) is 4.92. The number of hydrogen-bond acceptors (Lipinski definition) is 4. The third-order valence-corrected chi connectivity index (χ3v) is 3.37. The summed E-state index contributed by atoms with van der Waals surface area (Å²) in [4.78, 5) is 13.5. The Bertz CT molecular complexity index is 466. The number of halogens is 1. The summed E-state index contributed by atoms with van der Waals surface area (Å²) >= 11 is 0. The van der Waals surface area contributed by atoms with E-state index in [2.05, 4.69) is 4.90 Å². The average molecular weight is 266 g/mol. The van der Waals surface area contributed by atoms with Crippen molar-refractivity contribution in [1.82, 2.24) is 10.3 Å². The summed E-state index contributed by atoms with van der Waals surface area (Å²) in [6.45, 7) is 2.12. The molecule has 5 nitrogen and oxygen atoms in total. The summed E-state index contributed by atoms with van der Waals surface area (Å²) in [7, 11) is 0. The van der Waals surface area contributed by atoms with Crippen molar-refractivity contribution in [2.75, 3.05) is 13.1 Å². The Labute approximate surface area is 111 Å². The Morgan fingerprint density at radius 1 is 1.53 bits per heavy atom. The van der Waals surface area contributed by atoms with E-state index in [1.165, 1.54) is 18.2 Å². The van der Waals surface area contributed by atoms with Gasteiger partial charge < -0.3 is 5.73 Å². The largest absolute Gasteiger partial charge is 0.327 e. The normalized spacial score (nSPS) is 20.3. The van der Waals surface area contributed by atoms with E-state index in [0.29, 0.717) is 17.7 Å². The van der Waals surface area contributed by atoms with E-state index in [1.807, 2.05) is 5.43 Å². The molecule has 0 saturated carbocycles. The number of nitrogens with zero attached hydrogens (tertiary/aromatic N) is 1. The number of carbonyl (C=O) groups excluding carboxylic acids is 1. The van der Waals surface area contributed by atoms with E-state index in [9.17, 15) is 9.18 Å². The Kier molecular flexibility index (Phi) is 4.47. The molecule has 0 radical (unpaired) electrons. The lowest BCUT2D eigenvalue weighted by Gasteiger charge is -2.30. The standard InChI is InChI=1S/C13H19FN4O/c14-12-4-3-9(13(19)17-16)6-10(12)7-18-5-1-2-11(15)8-18/h3-4,6,11H,1-2,5,7-8,15-16H2,(H,17,19). The molecular formula is C13H19FN4O. The summed E-state index contributed by atoms with van der Waals surface area (Å²) in [5.74, 6) is 4.34. The lowest BCUT2D eigenvalue weighted by Crippen LogP contribution is -2.42. The second-order valence-corrected chi connectivity index (χ2v) is 4.92. The van der Waals surface area contributed by atoms with E-state index in [0.717, 1.165) is 25.9 Å². The average Bonchev–Trinajstić information content (AvgIpc) is 2.40. The van der Waals surface area contributed by atoms with Gasteiger partial charge in [-0.05, 0) is 37.6 Å². The van der Waals surface area contributed by atoms with Gasteiger partial charge in [-0.2, -0.15) is 0 Å². The smallest absolute Gasteiger partial charge is 0.265 e. The summed E-state index contributed by atoms with van der Waals surface area (Å²) in [6.07, 6.45) is 2.03. The summed E-state index contributed by atoms with van der Waals surface area (Å²) < 4.78 is 13.8. The van der Waals surface area contributed by atoms with Crippen LogP contribution >= 0.6 is 0 Å². The molecule has 1 aromatic carbocycles. The van der Waals surface area contributed by atoms with Gasteiger partial charge in [0.05, 0.1) is 0 Å². The van der Waals surface area contributed by atoms with E-state index in [-0.39, 0.29) is 11.9 Å². The van der Waals surface area contributed by atoms with Crippen LogP contribution in [0.1, 0.15) is 28.8 Å². The molecule has 0 bridgehead atoms. The highest BCUT2D eigenvalue weighted by molar-refractivity contribution is 5.93. The number of nitrogens with one attached hydrogen (secondary N) is 1. The second kappa shape index (κ2) is 6.10. The molecule has 1 amide bonds. The van der Waals surface area contributed by atoms with Gasteiger partial charge in [-0.1, -0.05) is 0 Å². The lowest BCUT2D eigenvalue weighted by atomic mass is 10.0. The molecular weight excluding hydrogens is 247 g/mol. The zero-order chi connectivity index (χ0) is 13.8. The number of hydrazine groups is 1. The molecule has 6 heteroatoms. The number of hydrogen-bond donors (Lipinski definition) is 3. The van der Waals surface area contributed by atoms with Crippen molar-refractivity contribution < 1.29 is 9.18 Å². The van der Waals surface area contributed by atoms with Crippen LogP contribution in [0.15, 0.2) is 18.2 Å². The maximum atomic E-state index is 13.8. The Hall–Kier alpha value is -1.50. The number of nitrogens with two attached hydrogens (primary N) is 2. The molecule has 19 heavy (non-hydrogen) atoms. The van der Waals surface area contributed by atoms with Crippen LogP contribution in [0.3, 0.4) is 0 Å². The Morgan fingerprint density at radius 2 is 2.32 bits per heavy atom. The Morgan fingerprint density at radius 3 is 3.00 bits per heavy atom. The number of piperidine rings is 1. The van der Waals surface area contributed by atoms with Crippen molar-refractivity contribution in [1.29, 1.82) is 0 Å². The molecule has 0 aromatic heterocycles. The van der Waals surface area contributed by atoms with Gasteiger partial charge in [-0.3, -0.25) is 15.1 Å². The third-order valence-electron chi connectivity index (χ3n) is 3.37. The van der Waals surface area contributed by atoms with Crippen LogP contribution < -0.4 is 17.0 Å². The van der Waals surface area contributed by atoms with E-state index in [4.69, 9.17) is 11.6 Å². The molecule has 1 unspecified atom stereocenters. The molecule has 1 heterocycles. The van der Waals surface area contributed by atoms with Gasteiger partial charge in [-0.25, -0.2) is 10.2 Å². The molecule has 0 spiro atoms. The van der Waals surface area contributed by atoms with Crippen LogP contribution in [0.2, 0.25) is 0 Å². The minimum absolute atomic E-state index is 0.146. The molecule has 104 valence electrons. The summed E-state index contributed by atoms with van der Waals surface area (Å²) in [6, 6.07) is 4.40. The first-order chi connectivity index (χ1) is 9.10. The summed E-state index contributed by atoms with van der Waals surface area (Å²) in [5.41, 5.74) is 8.80. The highest BCUT2D eigenvalue weighted by Gasteiger charge is 2.18. The molecule has 5 N–H and O–H groups in total. The predicted molar refractivity (Wildman–Crippen MR) is 70.5 cm³/mol. The van der Waals surface area contributed by atoms with Gasteiger partial charge in [0, 0.05) is 30.3 Å². The first-order valence-corrected chi connectivity index (χ1v) is 6.37. The number of nitrogen functional groups attached to an aromatic ring is 1. The highest BCUT2D eigenvalue weighted by atomic mass is 19.1. The molecule has 1 aliphatic heterocycles. The van der Waals surface area contributed by atoms with Crippen LogP contribution in [0.4, 0.5) is 4.39 Å². The maximum Gasteiger partial charge on any atom is 0.265 e. The Balaban J connectivity index is 2.12. The van der Waals surface area contributed by atoms with Crippen molar-refractivity contribution in [2.45, 2.75) is 25.4 Å². The molecule has 1 aliphatic rings. The molecule has 1 saturated heterocycles. The lowest BCUT2D eigenvalue weighted by molar-refractivity contribution is 0.0953. The molecule has 1 aromatic rings. The zero-order valence-electron chi connectivity index (χ0n) is 10.7. The van der Waals surface area contributed by atoms with Crippen LogP contribution in [0.25, 0.3) is 0 Å². The predicted octanol–water partition coefficient (Wildman–Crippen LogP) is 0.352. The fourth-order valence-electron chi connectivity index (χ4n) is 2.40. The number of amides is 1. The first-order valence-electron chi connectivity index (χ1n) is 6.37. The van der Waals surface area contributed by atoms with Gasteiger partial charge in [0.1, 0.15) is 5.82 Å². The van der Waals surface area contributed by atoms with Gasteiger partial charge >= 0.3 is 0 Å². The minimum atomic E-state index is -0.420. The van der Waals surface area contributed by atoms with Crippen molar-refractivity contribution >= 4 is 5.91 Å². The van der Waals surface area contributed by atoms with Crippen molar-refractivity contribution in [3.05, 3.63) is 35.1 Å². The highest BCUT2D eigenvalue weighted by Crippen LogP contribution is 2.16. The van der Waals surface area contributed by atoms with Gasteiger partial charge in [-0.15, -0.1) is 0 Å². The van der Waals surface area contributed by atoms with Gasteiger partial charge in [0.2, 0.25) is 0 Å². The van der Waals surface area contributed by atoms with Gasteiger partial charge in [0.15, 0.2) is 0 Å². The van der Waals surface area contributed by atoms with Crippen molar-refractivity contribution in [3.63, 3.8) is 0 Å². The van der Waals surface area contributed by atoms with Crippen LogP contribution in [-0.2, 0) is 6.54 Å². The number of benzene rings is 1. The third kappa shape index (κ3) is 3.50. The van der Waals surface area contributed by atoms with Crippen LogP contribution in [0, 0.1) is 5.82 Å².